The Morgan fingerprint density at radius 3 is 2.40 bits per heavy atom. The topological polar surface area (TPSA) is 66.8 Å². The molecule has 0 atom stereocenters. The lowest BCUT2D eigenvalue weighted by atomic mass is 10.2. The summed E-state index contributed by atoms with van der Waals surface area (Å²) in [6, 6.07) is 10.8. The van der Waals surface area contributed by atoms with Crippen molar-refractivity contribution in [3.63, 3.8) is 0 Å². The Labute approximate surface area is 151 Å². The first-order valence-electron chi connectivity index (χ1n) is 8.17. The highest BCUT2D eigenvalue weighted by atomic mass is 35.5. The summed E-state index contributed by atoms with van der Waals surface area (Å²) in [5, 5.41) is 3.02. The summed E-state index contributed by atoms with van der Waals surface area (Å²) < 4.78 is 0. The van der Waals surface area contributed by atoms with E-state index in [-0.39, 0.29) is 18.4 Å². The molecule has 1 aromatic carbocycles. The molecular weight excluding hydrogens is 340 g/mol. The summed E-state index contributed by atoms with van der Waals surface area (Å²) in [6.07, 6.45) is 3.77. The number of carbonyl (C=O) groups excluding carboxylic acids is 2. The molecule has 1 saturated heterocycles. The van der Waals surface area contributed by atoms with E-state index in [2.05, 4.69) is 15.2 Å². The second-order valence-corrected chi connectivity index (χ2v) is 6.20. The lowest BCUT2D eigenvalue weighted by molar-refractivity contribution is -0.377. The van der Waals surface area contributed by atoms with Crippen LogP contribution in [0, 0.1) is 0 Å². The van der Waals surface area contributed by atoms with Crippen molar-refractivity contribution in [2.24, 2.45) is 0 Å². The maximum Gasteiger partial charge on any atom is 0.253 e. The van der Waals surface area contributed by atoms with Crippen LogP contribution in [-0.2, 0) is 4.79 Å². The van der Waals surface area contributed by atoms with Crippen LogP contribution in [0.3, 0.4) is 0 Å². The predicted octanol–water partition coefficient (Wildman–Crippen LogP) is 1.23. The van der Waals surface area contributed by atoms with E-state index in [0.29, 0.717) is 23.7 Å². The number of aromatic amines is 1. The van der Waals surface area contributed by atoms with Gasteiger partial charge in [0, 0.05) is 44.0 Å². The van der Waals surface area contributed by atoms with Crippen LogP contribution in [0.2, 0.25) is 5.02 Å². The van der Waals surface area contributed by atoms with Crippen LogP contribution in [0.1, 0.15) is 10.4 Å². The van der Waals surface area contributed by atoms with E-state index in [1.807, 2.05) is 24.5 Å². The van der Waals surface area contributed by atoms with E-state index in [1.165, 1.54) is 0 Å². The molecule has 0 bridgehead atoms. The van der Waals surface area contributed by atoms with Crippen LogP contribution in [0.4, 0.5) is 5.69 Å². The molecule has 2 amide bonds. The van der Waals surface area contributed by atoms with E-state index >= 15 is 0 Å². The summed E-state index contributed by atoms with van der Waals surface area (Å²) in [7, 11) is 0. The van der Waals surface area contributed by atoms with Crippen LogP contribution in [0.25, 0.3) is 0 Å². The Morgan fingerprint density at radius 2 is 1.72 bits per heavy atom. The number of anilines is 1. The third-order valence-corrected chi connectivity index (χ3v) is 4.55. The first kappa shape index (κ1) is 17.2. The Morgan fingerprint density at radius 1 is 1.04 bits per heavy atom. The normalized spacial score (nSPS) is 14.3. The molecule has 1 aromatic heterocycles. The lowest BCUT2D eigenvalue weighted by Crippen LogP contribution is -2.51. The third kappa shape index (κ3) is 4.28. The zero-order valence-electron chi connectivity index (χ0n) is 13.7. The first-order valence-corrected chi connectivity index (χ1v) is 8.54. The van der Waals surface area contributed by atoms with Gasteiger partial charge in [-0.25, -0.2) is 4.98 Å². The quantitative estimate of drug-likeness (QED) is 0.893. The molecular formula is C18H20ClN4O2+. The highest BCUT2D eigenvalue weighted by molar-refractivity contribution is 6.33. The minimum atomic E-state index is -0.335. The van der Waals surface area contributed by atoms with Gasteiger partial charge in [0.15, 0.2) is 12.4 Å². The molecule has 0 unspecified atom stereocenters. The second-order valence-electron chi connectivity index (χ2n) is 5.79. The molecule has 0 aliphatic carbocycles. The predicted molar refractivity (Wildman–Crippen MR) is 95.6 cm³/mol. The number of hydrogen-bond acceptors (Lipinski definition) is 3. The monoisotopic (exact) mass is 359 g/mol. The second kappa shape index (κ2) is 7.98. The van der Waals surface area contributed by atoms with Crippen molar-refractivity contribution in [2.45, 2.75) is 0 Å². The largest absolute Gasteiger partial charge is 0.368 e. The van der Waals surface area contributed by atoms with E-state index in [0.717, 1.165) is 18.8 Å². The number of nitrogens with one attached hydrogen (secondary N) is 2. The van der Waals surface area contributed by atoms with Crippen molar-refractivity contribution < 1.29 is 14.6 Å². The average Bonchev–Trinajstić information content (AvgIpc) is 2.67. The summed E-state index contributed by atoms with van der Waals surface area (Å²) in [4.78, 5) is 31.4. The molecule has 1 aliphatic rings. The van der Waals surface area contributed by atoms with Gasteiger partial charge in [0.1, 0.15) is 0 Å². The zero-order chi connectivity index (χ0) is 17.6. The number of amides is 2. The highest BCUT2D eigenvalue weighted by Crippen LogP contribution is 2.15. The third-order valence-electron chi connectivity index (χ3n) is 4.22. The van der Waals surface area contributed by atoms with Crippen molar-refractivity contribution in [3.05, 3.63) is 59.4 Å². The number of piperazine rings is 1. The number of hydrogen-bond donors (Lipinski definition) is 1. The molecule has 2 N–H and O–H groups in total. The molecule has 1 aliphatic heterocycles. The van der Waals surface area contributed by atoms with Gasteiger partial charge in [-0.3, -0.25) is 9.59 Å². The fraction of sp³-hybridized carbons (Fsp3) is 0.278. The maximum absolute atomic E-state index is 12.3. The summed E-state index contributed by atoms with van der Waals surface area (Å²) in [5.74, 6) is -0.417. The van der Waals surface area contributed by atoms with Crippen LogP contribution in [0.15, 0.2) is 48.8 Å². The van der Waals surface area contributed by atoms with Crippen molar-refractivity contribution in [1.82, 2.24) is 10.2 Å². The van der Waals surface area contributed by atoms with Crippen molar-refractivity contribution >= 4 is 29.1 Å². The number of nitrogens with zero attached hydrogens (tertiary/aromatic N) is 2. The minimum absolute atomic E-state index is 0.0235. The van der Waals surface area contributed by atoms with Crippen molar-refractivity contribution in [1.29, 1.82) is 0 Å². The van der Waals surface area contributed by atoms with Gasteiger partial charge in [-0.1, -0.05) is 23.7 Å². The van der Waals surface area contributed by atoms with Gasteiger partial charge in [0.2, 0.25) is 5.91 Å². The molecule has 6 nitrogen and oxygen atoms in total. The Hall–Kier alpha value is -2.60. The fourth-order valence-corrected chi connectivity index (χ4v) is 3.03. The minimum Gasteiger partial charge on any atom is -0.368 e. The van der Waals surface area contributed by atoms with Crippen LogP contribution in [-0.4, -0.2) is 49.4 Å². The van der Waals surface area contributed by atoms with Crippen LogP contribution < -0.4 is 15.2 Å². The number of H-pyrrole nitrogens is 1. The van der Waals surface area contributed by atoms with Gasteiger partial charge in [-0.15, -0.1) is 0 Å². The highest BCUT2D eigenvalue weighted by Gasteiger charge is 2.22. The van der Waals surface area contributed by atoms with E-state index in [1.54, 1.807) is 29.2 Å². The van der Waals surface area contributed by atoms with Gasteiger partial charge < -0.3 is 15.1 Å². The van der Waals surface area contributed by atoms with Gasteiger partial charge >= 0.3 is 0 Å². The van der Waals surface area contributed by atoms with Gasteiger partial charge in [-0.05, 0) is 12.1 Å². The smallest absolute Gasteiger partial charge is 0.253 e. The summed E-state index contributed by atoms with van der Waals surface area (Å²) in [6.45, 7) is 2.80. The Bertz CT molecular complexity index is 746. The first-order chi connectivity index (χ1) is 12.1. The lowest BCUT2D eigenvalue weighted by Gasteiger charge is -2.35. The molecule has 2 aromatic rings. The van der Waals surface area contributed by atoms with Gasteiger partial charge in [0.05, 0.1) is 17.1 Å². The molecule has 0 saturated carbocycles. The number of carbonyl (C=O) groups is 2. The SMILES string of the molecule is O=C(NCC(=O)N1CCN(c2cc[nH+]cc2)CC1)c1ccccc1Cl. The van der Waals surface area contributed by atoms with E-state index in [9.17, 15) is 9.59 Å². The number of aromatic nitrogens is 1. The standard InChI is InChI=1S/C18H19ClN4O2/c19-16-4-2-1-3-15(16)18(25)21-13-17(24)23-11-9-22(10-12-23)14-5-7-20-8-6-14/h1-8H,9-13H2,(H,21,25)/p+1. The van der Waals surface area contributed by atoms with Crippen LogP contribution in [0.5, 0.6) is 0 Å². The van der Waals surface area contributed by atoms with Crippen molar-refractivity contribution in [3.8, 4) is 0 Å². The maximum atomic E-state index is 12.3. The number of halogens is 1. The Kier molecular flexibility index (Phi) is 5.50. The van der Waals surface area contributed by atoms with E-state index in [4.69, 9.17) is 11.6 Å². The fourth-order valence-electron chi connectivity index (χ4n) is 2.81. The van der Waals surface area contributed by atoms with Gasteiger partial charge in [0.25, 0.3) is 5.91 Å². The molecule has 2 heterocycles. The molecule has 0 spiro atoms. The van der Waals surface area contributed by atoms with Gasteiger partial charge in [-0.2, -0.15) is 0 Å². The van der Waals surface area contributed by atoms with Crippen molar-refractivity contribution in [2.75, 3.05) is 37.6 Å². The number of rotatable bonds is 4. The van der Waals surface area contributed by atoms with Crippen LogP contribution >= 0.6 is 11.6 Å². The molecule has 0 radical (unpaired) electrons. The van der Waals surface area contributed by atoms with E-state index < -0.39 is 0 Å². The Balaban J connectivity index is 1.48. The number of pyridine rings is 1. The number of benzene rings is 1. The molecule has 3 rings (SSSR count). The molecule has 25 heavy (non-hydrogen) atoms. The summed E-state index contributed by atoms with van der Waals surface area (Å²) in [5.41, 5.74) is 1.51. The zero-order valence-corrected chi connectivity index (χ0v) is 14.5. The summed E-state index contributed by atoms with van der Waals surface area (Å²) >= 11 is 5.99. The molecule has 130 valence electrons. The molecule has 7 heteroatoms. The average molecular weight is 360 g/mol. The molecule has 1 fully saturated rings.